The van der Waals surface area contributed by atoms with Gasteiger partial charge in [0.2, 0.25) is 0 Å². The van der Waals surface area contributed by atoms with Crippen molar-refractivity contribution in [2.75, 3.05) is 5.73 Å². The van der Waals surface area contributed by atoms with Crippen molar-refractivity contribution < 1.29 is 9.53 Å². The smallest absolute Gasteiger partial charge is 0.193 e. The molecule has 2 N–H and O–H groups in total. The highest BCUT2D eigenvalue weighted by atomic mass is 32.1. The van der Waals surface area contributed by atoms with Crippen LogP contribution in [0.15, 0.2) is 35.9 Å². The molecule has 0 fully saturated rings. The number of allylic oxidation sites excluding steroid dienone is 2. The Morgan fingerprint density at radius 2 is 1.95 bits per heavy atom. The molecule has 3 rings (SSSR count). The zero-order valence-corrected chi connectivity index (χ0v) is 12.9. The number of ketones is 1. The lowest BCUT2D eigenvalue weighted by Crippen LogP contribution is -2.13. The Hall–Kier alpha value is -2.07. The molecule has 0 saturated carbocycles. The van der Waals surface area contributed by atoms with E-state index in [0.29, 0.717) is 16.5 Å². The van der Waals surface area contributed by atoms with E-state index in [9.17, 15) is 4.79 Å². The molecule has 0 atom stereocenters. The Labute approximate surface area is 128 Å². The first-order chi connectivity index (χ1) is 10.1. The molecular formula is C17H17NO2S. The molecule has 0 amide bonds. The number of hydrogen-bond acceptors (Lipinski definition) is 4. The van der Waals surface area contributed by atoms with Crippen molar-refractivity contribution in [3.05, 3.63) is 51.9 Å². The second kappa shape index (κ2) is 5.37. The fraction of sp³-hybridized carbons (Fsp3) is 0.235. The minimum absolute atomic E-state index is 0.105. The first-order valence-corrected chi connectivity index (χ1v) is 7.77. The predicted molar refractivity (Wildman–Crippen MR) is 86.4 cm³/mol. The van der Waals surface area contributed by atoms with Crippen LogP contribution >= 0.6 is 11.3 Å². The molecule has 4 heteroatoms. The number of anilines is 1. The molecule has 0 spiro atoms. The van der Waals surface area contributed by atoms with Gasteiger partial charge in [-0.05, 0) is 62.1 Å². The summed E-state index contributed by atoms with van der Waals surface area (Å²) in [6, 6.07) is 7.23. The van der Waals surface area contributed by atoms with Crippen LogP contribution in [-0.2, 0) is 6.42 Å². The van der Waals surface area contributed by atoms with E-state index in [1.54, 1.807) is 23.5 Å². The Bertz CT molecular complexity index is 726. The highest BCUT2D eigenvalue weighted by Crippen LogP contribution is 2.42. The fourth-order valence-electron chi connectivity index (χ4n) is 2.61. The number of ether oxygens (including phenoxy) is 1. The maximum atomic E-state index is 12.6. The van der Waals surface area contributed by atoms with Crippen molar-refractivity contribution in [1.29, 1.82) is 0 Å². The van der Waals surface area contributed by atoms with Crippen LogP contribution in [0.5, 0.6) is 10.8 Å². The van der Waals surface area contributed by atoms with Crippen LogP contribution in [-0.4, -0.2) is 5.78 Å². The van der Waals surface area contributed by atoms with Crippen LogP contribution in [0, 0.1) is 6.92 Å². The summed E-state index contributed by atoms with van der Waals surface area (Å²) < 4.78 is 5.93. The number of nitrogen functional groups attached to an aromatic ring is 1. The number of benzene rings is 1. The van der Waals surface area contributed by atoms with E-state index in [2.05, 4.69) is 0 Å². The van der Waals surface area contributed by atoms with Crippen molar-refractivity contribution in [2.45, 2.75) is 26.7 Å². The van der Waals surface area contributed by atoms with E-state index >= 15 is 0 Å². The number of Topliss-reactive ketones (excluding diaryl/α,β-unsaturated/α-hetero) is 1. The summed E-state index contributed by atoms with van der Waals surface area (Å²) in [6.07, 6.45) is 3.64. The quantitative estimate of drug-likeness (QED) is 0.656. The molecule has 0 saturated heterocycles. The van der Waals surface area contributed by atoms with Gasteiger partial charge in [-0.1, -0.05) is 6.08 Å². The lowest BCUT2D eigenvalue weighted by atomic mass is 9.88. The summed E-state index contributed by atoms with van der Waals surface area (Å²) in [4.78, 5) is 13.7. The summed E-state index contributed by atoms with van der Waals surface area (Å²) in [5.74, 6) is 0.808. The van der Waals surface area contributed by atoms with Gasteiger partial charge in [-0.3, -0.25) is 4.79 Å². The average Bonchev–Trinajstić information content (AvgIpc) is 2.79. The van der Waals surface area contributed by atoms with Gasteiger partial charge in [0.1, 0.15) is 5.75 Å². The van der Waals surface area contributed by atoms with E-state index in [1.807, 2.05) is 32.1 Å². The van der Waals surface area contributed by atoms with Gasteiger partial charge in [-0.2, -0.15) is 0 Å². The van der Waals surface area contributed by atoms with Gasteiger partial charge >= 0.3 is 0 Å². The minimum atomic E-state index is 0.105. The minimum Gasteiger partial charge on any atom is -0.446 e. The molecule has 21 heavy (non-hydrogen) atoms. The van der Waals surface area contributed by atoms with Crippen molar-refractivity contribution in [3.63, 3.8) is 0 Å². The molecule has 0 aliphatic heterocycles. The standard InChI is InChI=1S/C17H17NO2S/c1-3-11-4-9-14-10(2)21-17(15(14)16(11)19)20-13-7-5-12(18)6-8-13/h3,5-8H,4,9,18H2,1-2H3/b11-3+. The van der Waals surface area contributed by atoms with Gasteiger partial charge in [0, 0.05) is 10.6 Å². The lowest BCUT2D eigenvalue weighted by Gasteiger charge is -2.15. The number of thiophene rings is 1. The van der Waals surface area contributed by atoms with Crippen molar-refractivity contribution >= 4 is 22.8 Å². The summed E-state index contributed by atoms with van der Waals surface area (Å²) in [6.45, 7) is 3.96. The molecule has 108 valence electrons. The maximum Gasteiger partial charge on any atom is 0.193 e. The highest BCUT2D eigenvalue weighted by molar-refractivity contribution is 7.14. The van der Waals surface area contributed by atoms with Crippen LogP contribution in [0.25, 0.3) is 0 Å². The maximum absolute atomic E-state index is 12.6. The van der Waals surface area contributed by atoms with Crippen LogP contribution in [0.3, 0.4) is 0 Å². The predicted octanol–water partition coefficient (Wildman–Crippen LogP) is 4.51. The van der Waals surface area contributed by atoms with Crippen LogP contribution in [0.2, 0.25) is 0 Å². The molecule has 1 aliphatic rings. The molecule has 2 aromatic rings. The van der Waals surface area contributed by atoms with Gasteiger partial charge in [0.05, 0.1) is 5.56 Å². The monoisotopic (exact) mass is 299 g/mol. The summed E-state index contributed by atoms with van der Waals surface area (Å²) in [5, 5.41) is 0.691. The van der Waals surface area contributed by atoms with Gasteiger partial charge in [-0.15, -0.1) is 11.3 Å². The number of nitrogens with two attached hydrogens (primary N) is 1. The molecule has 3 nitrogen and oxygen atoms in total. The Morgan fingerprint density at radius 3 is 2.62 bits per heavy atom. The van der Waals surface area contributed by atoms with Crippen molar-refractivity contribution in [3.8, 4) is 10.8 Å². The number of carbonyl (C=O) groups is 1. The van der Waals surface area contributed by atoms with E-state index < -0.39 is 0 Å². The topological polar surface area (TPSA) is 52.3 Å². The van der Waals surface area contributed by atoms with Gasteiger partial charge in [0.15, 0.2) is 10.8 Å². The third-order valence-electron chi connectivity index (χ3n) is 3.78. The highest BCUT2D eigenvalue weighted by Gasteiger charge is 2.29. The first kappa shape index (κ1) is 13.9. The number of rotatable bonds is 2. The van der Waals surface area contributed by atoms with Crippen molar-refractivity contribution in [1.82, 2.24) is 0 Å². The molecule has 0 unspecified atom stereocenters. The molecule has 0 bridgehead atoms. The molecule has 1 aromatic carbocycles. The third kappa shape index (κ3) is 2.47. The fourth-order valence-corrected chi connectivity index (χ4v) is 3.67. The van der Waals surface area contributed by atoms with Gasteiger partial charge in [0.25, 0.3) is 0 Å². The molecular weight excluding hydrogens is 282 g/mol. The lowest BCUT2D eigenvalue weighted by molar-refractivity contribution is 0.102. The zero-order valence-electron chi connectivity index (χ0n) is 12.1. The van der Waals surface area contributed by atoms with E-state index in [1.165, 1.54) is 4.88 Å². The zero-order chi connectivity index (χ0) is 15.0. The summed E-state index contributed by atoms with van der Waals surface area (Å²) in [5.41, 5.74) is 9.13. The largest absolute Gasteiger partial charge is 0.446 e. The number of hydrogen-bond donors (Lipinski definition) is 1. The van der Waals surface area contributed by atoms with E-state index in [0.717, 1.165) is 29.5 Å². The molecule has 0 radical (unpaired) electrons. The third-order valence-corrected chi connectivity index (χ3v) is 4.80. The van der Waals surface area contributed by atoms with Gasteiger partial charge in [-0.25, -0.2) is 0 Å². The van der Waals surface area contributed by atoms with E-state index in [4.69, 9.17) is 10.5 Å². The number of fused-ring (bicyclic) bond motifs is 1. The average molecular weight is 299 g/mol. The van der Waals surface area contributed by atoms with Crippen molar-refractivity contribution in [2.24, 2.45) is 0 Å². The van der Waals surface area contributed by atoms with Crippen LogP contribution in [0.4, 0.5) is 5.69 Å². The van der Waals surface area contributed by atoms with Crippen LogP contribution < -0.4 is 10.5 Å². The van der Waals surface area contributed by atoms with E-state index in [-0.39, 0.29) is 5.78 Å². The molecule has 1 aromatic heterocycles. The SMILES string of the molecule is C/C=C1\CCc2c(C)sc(Oc3ccc(N)cc3)c2C1=O. The summed E-state index contributed by atoms with van der Waals surface area (Å²) in [7, 11) is 0. The molecule has 1 aliphatic carbocycles. The normalized spacial score (nSPS) is 16.1. The Kier molecular flexibility index (Phi) is 3.55. The second-order valence-electron chi connectivity index (χ2n) is 5.11. The van der Waals surface area contributed by atoms with Gasteiger partial charge < -0.3 is 10.5 Å². The summed E-state index contributed by atoms with van der Waals surface area (Å²) >= 11 is 1.54. The Balaban J connectivity index is 2.01. The Morgan fingerprint density at radius 1 is 1.24 bits per heavy atom. The number of aryl methyl sites for hydroxylation is 1. The number of carbonyl (C=O) groups excluding carboxylic acids is 1. The molecule has 1 heterocycles. The second-order valence-corrected chi connectivity index (χ2v) is 6.30. The van der Waals surface area contributed by atoms with Crippen LogP contribution in [0.1, 0.15) is 34.1 Å². The first-order valence-electron chi connectivity index (χ1n) is 6.95.